The first-order chi connectivity index (χ1) is 15.0. The topological polar surface area (TPSA) is 86.3 Å². The fourth-order valence-electron chi connectivity index (χ4n) is 3.12. The number of fused-ring (bicyclic) bond motifs is 1. The molecule has 3 rings (SSSR count). The van der Waals surface area contributed by atoms with Crippen LogP contribution in [0.15, 0.2) is 36.4 Å². The first kappa shape index (κ1) is 22.8. The summed E-state index contributed by atoms with van der Waals surface area (Å²) in [6.07, 6.45) is -0.990. The van der Waals surface area contributed by atoms with Crippen LogP contribution in [0.25, 0.3) is 10.1 Å². The van der Waals surface area contributed by atoms with Crippen LogP contribution >= 0.6 is 11.3 Å². The summed E-state index contributed by atoms with van der Waals surface area (Å²) in [4.78, 5) is 13.1. The molecule has 2 aromatic carbocycles. The van der Waals surface area contributed by atoms with Crippen LogP contribution in [0.3, 0.4) is 0 Å². The molecule has 3 aromatic rings. The van der Waals surface area contributed by atoms with E-state index in [2.05, 4.69) is 5.32 Å². The summed E-state index contributed by atoms with van der Waals surface area (Å²) in [7, 11) is 4.49. The fourth-order valence-corrected chi connectivity index (χ4v) is 4.26. The molecule has 0 aliphatic rings. The number of aliphatic hydroxyl groups excluding tert-OH is 1. The third kappa shape index (κ3) is 5.07. The van der Waals surface area contributed by atoms with Crippen molar-refractivity contribution in [2.24, 2.45) is 0 Å². The molecule has 0 radical (unpaired) electrons. The van der Waals surface area contributed by atoms with E-state index in [9.17, 15) is 14.3 Å². The van der Waals surface area contributed by atoms with Crippen LogP contribution in [0, 0.1) is 5.82 Å². The second kappa shape index (κ2) is 10.4. The average Bonchev–Trinajstić information content (AvgIpc) is 3.15. The minimum Gasteiger partial charge on any atom is -0.493 e. The minimum atomic E-state index is -0.990. The lowest BCUT2D eigenvalue weighted by molar-refractivity contribution is 0.0834. The maximum absolute atomic E-state index is 14.3. The Morgan fingerprint density at radius 3 is 2.45 bits per heavy atom. The van der Waals surface area contributed by atoms with E-state index in [0.717, 1.165) is 0 Å². The highest BCUT2D eigenvalue weighted by molar-refractivity contribution is 7.21. The second-order valence-corrected chi connectivity index (χ2v) is 7.67. The predicted octanol–water partition coefficient (Wildman–Crippen LogP) is 3.37. The minimum absolute atomic E-state index is 0.0561. The molecule has 0 aliphatic carbocycles. The zero-order valence-corrected chi connectivity index (χ0v) is 18.3. The van der Waals surface area contributed by atoms with Gasteiger partial charge in [0.1, 0.15) is 18.5 Å². The molecule has 0 bridgehead atoms. The molecule has 9 heteroatoms. The number of carbonyl (C=O) groups is 1. The van der Waals surface area contributed by atoms with Gasteiger partial charge in [0.25, 0.3) is 5.91 Å². The van der Waals surface area contributed by atoms with Gasteiger partial charge in [-0.25, -0.2) is 4.39 Å². The van der Waals surface area contributed by atoms with E-state index in [1.807, 2.05) is 0 Å². The predicted molar refractivity (Wildman–Crippen MR) is 116 cm³/mol. The van der Waals surface area contributed by atoms with Crippen molar-refractivity contribution in [3.8, 4) is 17.2 Å². The zero-order chi connectivity index (χ0) is 22.4. The van der Waals surface area contributed by atoms with Crippen molar-refractivity contribution in [2.45, 2.75) is 12.7 Å². The van der Waals surface area contributed by atoms with Crippen molar-refractivity contribution in [3.05, 3.63) is 52.7 Å². The first-order valence-electron chi connectivity index (χ1n) is 9.49. The summed E-state index contributed by atoms with van der Waals surface area (Å²) >= 11 is 1.18. The van der Waals surface area contributed by atoms with Crippen LogP contribution in [-0.2, 0) is 11.3 Å². The molecule has 7 nitrogen and oxygen atoms in total. The zero-order valence-electron chi connectivity index (χ0n) is 17.4. The summed E-state index contributed by atoms with van der Waals surface area (Å²) in [5.74, 6) is 0.472. The van der Waals surface area contributed by atoms with Gasteiger partial charge in [-0.3, -0.25) is 4.79 Å². The Bertz CT molecular complexity index is 1030. The highest BCUT2D eigenvalue weighted by atomic mass is 32.1. The molecule has 0 fully saturated rings. The molecule has 1 atom stereocenters. The van der Waals surface area contributed by atoms with Crippen LogP contribution in [0.1, 0.15) is 15.2 Å². The van der Waals surface area contributed by atoms with Crippen LogP contribution in [-0.4, -0.2) is 51.6 Å². The molecule has 0 saturated heterocycles. The summed E-state index contributed by atoms with van der Waals surface area (Å²) in [6.45, 7) is -0.0502. The van der Waals surface area contributed by atoms with Gasteiger partial charge in [0.15, 0.2) is 11.5 Å². The molecule has 31 heavy (non-hydrogen) atoms. The molecule has 0 aliphatic heterocycles. The number of rotatable bonds is 10. The lowest BCUT2D eigenvalue weighted by atomic mass is 10.1. The summed E-state index contributed by atoms with van der Waals surface area (Å²) in [5.41, 5.74) is 0.489. The van der Waals surface area contributed by atoms with E-state index in [-0.39, 0.29) is 19.8 Å². The van der Waals surface area contributed by atoms with Crippen LogP contribution < -0.4 is 19.5 Å². The maximum atomic E-state index is 14.3. The Morgan fingerprint density at radius 2 is 1.81 bits per heavy atom. The molecule has 0 saturated carbocycles. The Kier molecular flexibility index (Phi) is 7.67. The van der Waals surface area contributed by atoms with Crippen LogP contribution in [0.4, 0.5) is 4.39 Å². The van der Waals surface area contributed by atoms with E-state index in [1.165, 1.54) is 38.7 Å². The highest BCUT2D eigenvalue weighted by Gasteiger charge is 2.21. The van der Waals surface area contributed by atoms with E-state index < -0.39 is 17.8 Å². The van der Waals surface area contributed by atoms with Gasteiger partial charge in [-0.15, -0.1) is 11.3 Å². The van der Waals surface area contributed by atoms with Crippen molar-refractivity contribution in [2.75, 3.05) is 34.5 Å². The van der Waals surface area contributed by atoms with Crippen molar-refractivity contribution in [1.29, 1.82) is 0 Å². The number of methoxy groups -OCH3 is 3. The molecule has 0 spiro atoms. The number of ether oxygens (including phenoxy) is 4. The number of carbonyl (C=O) groups excluding carboxylic acids is 1. The fraction of sp³-hybridized carbons (Fsp3) is 0.318. The molecule has 1 aromatic heterocycles. The van der Waals surface area contributed by atoms with Crippen LogP contribution in [0.5, 0.6) is 17.2 Å². The summed E-state index contributed by atoms with van der Waals surface area (Å²) in [6, 6.07) is 9.88. The van der Waals surface area contributed by atoms with Crippen molar-refractivity contribution in [3.63, 3.8) is 0 Å². The number of amides is 1. The summed E-state index contributed by atoms with van der Waals surface area (Å²) in [5, 5.41) is 13.3. The molecule has 1 unspecified atom stereocenters. The number of hydrogen-bond donors (Lipinski definition) is 2. The number of aliphatic hydroxyl groups is 1. The number of benzene rings is 2. The van der Waals surface area contributed by atoms with Gasteiger partial charge in [-0.05, 0) is 24.3 Å². The third-order valence-electron chi connectivity index (χ3n) is 4.56. The Balaban J connectivity index is 1.66. The van der Waals surface area contributed by atoms with Gasteiger partial charge in [-0.1, -0.05) is 12.1 Å². The van der Waals surface area contributed by atoms with Gasteiger partial charge >= 0.3 is 0 Å². The normalized spacial score (nSPS) is 11.9. The Morgan fingerprint density at radius 1 is 1.13 bits per heavy atom. The second-order valence-electron chi connectivity index (χ2n) is 6.62. The summed E-state index contributed by atoms with van der Waals surface area (Å²) < 4.78 is 36.3. The average molecular weight is 450 g/mol. The number of hydrogen-bond acceptors (Lipinski definition) is 7. The third-order valence-corrected chi connectivity index (χ3v) is 5.76. The first-order valence-corrected chi connectivity index (χ1v) is 10.3. The van der Waals surface area contributed by atoms with E-state index in [4.69, 9.17) is 18.9 Å². The Labute approximate surface area is 183 Å². The standard InChI is InChI=1S/C22H24FNO6S/c1-27-12-14-19-15(23)6-4-9-18(19)31-21(14)22(26)24-10-13(25)11-30-20-16(28-2)7-5-8-17(20)29-3/h4-9,13,25H,10-12H2,1-3H3,(H,24,26). The number of thiophene rings is 1. The Hall–Kier alpha value is -2.88. The maximum Gasteiger partial charge on any atom is 0.261 e. The van der Waals surface area contributed by atoms with Crippen LogP contribution in [0.2, 0.25) is 0 Å². The van der Waals surface area contributed by atoms with Crippen molar-refractivity contribution >= 4 is 27.3 Å². The van der Waals surface area contributed by atoms with Gasteiger partial charge < -0.3 is 29.4 Å². The van der Waals surface area contributed by atoms with E-state index in [0.29, 0.717) is 37.8 Å². The molecule has 166 valence electrons. The molecular formula is C22H24FNO6S. The number of para-hydroxylation sites is 1. The van der Waals surface area contributed by atoms with E-state index >= 15 is 0 Å². The molecule has 1 amide bonds. The van der Waals surface area contributed by atoms with Crippen molar-refractivity contribution in [1.82, 2.24) is 5.32 Å². The van der Waals surface area contributed by atoms with Gasteiger partial charge in [0.2, 0.25) is 5.75 Å². The smallest absolute Gasteiger partial charge is 0.261 e. The monoisotopic (exact) mass is 449 g/mol. The highest BCUT2D eigenvalue weighted by Crippen LogP contribution is 2.37. The number of halogens is 1. The van der Waals surface area contributed by atoms with Gasteiger partial charge in [-0.2, -0.15) is 0 Å². The van der Waals surface area contributed by atoms with Gasteiger partial charge in [0.05, 0.1) is 25.7 Å². The molecule has 1 heterocycles. The molecule has 2 N–H and O–H groups in total. The van der Waals surface area contributed by atoms with Crippen molar-refractivity contribution < 1.29 is 33.2 Å². The van der Waals surface area contributed by atoms with E-state index in [1.54, 1.807) is 30.3 Å². The lowest BCUT2D eigenvalue weighted by Crippen LogP contribution is -2.35. The lowest BCUT2D eigenvalue weighted by Gasteiger charge is -2.17. The number of nitrogens with one attached hydrogen (secondary N) is 1. The molecular weight excluding hydrogens is 425 g/mol. The van der Waals surface area contributed by atoms with Gasteiger partial charge in [0, 0.05) is 29.3 Å². The quantitative estimate of drug-likeness (QED) is 0.494. The SMILES string of the molecule is COCc1c(C(=O)NCC(O)COc2c(OC)cccc2OC)sc2cccc(F)c12. The largest absolute Gasteiger partial charge is 0.493 e.